The molecular formula is C14H15Cl2N3O2. The van der Waals surface area contributed by atoms with E-state index in [4.69, 9.17) is 27.9 Å². The van der Waals surface area contributed by atoms with Gasteiger partial charge in [-0.2, -0.15) is 5.10 Å². The van der Waals surface area contributed by atoms with Crippen LogP contribution in [0.2, 0.25) is 10.0 Å². The number of nitrogens with zero attached hydrogens (tertiary/aromatic N) is 3. The van der Waals surface area contributed by atoms with E-state index in [0.717, 1.165) is 5.56 Å². The maximum Gasteiger partial charge on any atom is 0.164 e. The molecule has 0 aliphatic carbocycles. The standard InChI is InChI=1S/C14H15Cl2N3O2/c1-13(20)4-5-14(21-13,7-19-9-17-8-18-19)11-3-2-10(15)6-12(11)16/h2-3,6,8-9,20H,4-5,7H2,1H3. The van der Waals surface area contributed by atoms with Gasteiger partial charge in [-0.25, -0.2) is 9.67 Å². The van der Waals surface area contributed by atoms with E-state index in [2.05, 4.69) is 10.1 Å². The largest absolute Gasteiger partial charge is 0.366 e. The minimum absolute atomic E-state index is 0.421. The third kappa shape index (κ3) is 2.92. The van der Waals surface area contributed by atoms with E-state index in [1.54, 1.807) is 30.1 Å². The minimum atomic E-state index is -1.19. The molecule has 0 amide bonds. The SMILES string of the molecule is CC1(O)CCC(Cn2cncn2)(c2ccc(Cl)cc2Cl)O1. The number of aromatic nitrogens is 3. The molecule has 1 aliphatic heterocycles. The summed E-state index contributed by atoms with van der Waals surface area (Å²) in [5.41, 5.74) is 0.0423. The Morgan fingerprint density at radius 1 is 1.38 bits per heavy atom. The lowest BCUT2D eigenvalue weighted by Gasteiger charge is -2.32. The molecule has 0 spiro atoms. The summed E-state index contributed by atoms with van der Waals surface area (Å²) in [4.78, 5) is 3.94. The average Bonchev–Trinajstić information content (AvgIpc) is 2.98. The number of aliphatic hydroxyl groups is 1. The first kappa shape index (κ1) is 14.8. The monoisotopic (exact) mass is 327 g/mol. The van der Waals surface area contributed by atoms with Crippen molar-refractivity contribution in [3.05, 3.63) is 46.5 Å². The van der Waals surface area contributed by atoms with Gasteiger partial charge in [-0.05, 0) is 25.5 Å². The molecule has 7 heteroatoms. The molecule has 2 unspecified atom stereocenters. The lowest BCUT2D eigenvalue weighted by Crippen LogP contribution is -2.36. The molecule has 1 aliphatic rings. The summed E-state index contributed by atoms with van der Waals surface area (Å²) < 4.78 is 7.63. The molecule has 1 aromatic heterocycles. The summed E-state index contributed by atoms with van der Waals surface area (Å²) in [5, 5.41) is 15.4. The molecule has 112 valence electrons. The van der Waals surface area contributed by atoms with Gasteiger partial charge in [0.25, 0.3) is 0 Å². The van der Waals surface area contributed by atoms with Crippen LogP contribution in [0.5, 0.6) is 0 Å². The Labute approximate surface area is 132 Å². The van der Waals surface area contributed by atoms with Crippen LogP contribution in [0.1, 0.15) is 25.3 Å². The Hall–Kier alpha value is -1.14. The molecule has 1 fully saturated rings. The van der Waals surface area contributed by atoms with Crippen molar-refractivity contribution in [2.45, 2.75) is 37.7 Å². The Kier molecular flexibility index (Phi) is 3.69. The summed E-state index contributed by atoms with van der Waals surface area (Å²) in [5.74, 6) is -1.19. The average molecular weight is 328 g/mol. The first-order chi connectivity index (χ1) is 9.90. The van der Waals surface area contributed by atoms with E-state index in [0.29, 0.717) is 29.4 Å². The third-order valence-corrected chi connectivity index (χ3v) is 4.26. The zero-order valence-corrected chi connectivity index (χ0v) is 13.0. The number of rotatable bonds is 3. The molecule has 1 saturated heterocycles. The second kappa shape index (κ2) is 5.25. The smallest absolute Gasteiger partial charge is 0.164 e. The topological polar surface area (TPSA) is 60.2 Å². The van der Waals surface area contributed by atoms with Gasteiger partial charge in [-0.1, -0.05) is 29.3 Å². The van der Waals surface area contributed by atoms with E-state index in [-0.39, 0.29) is 0 Å². The molecular weight excluding hydrogens is 313 g/mol. The van der Waals surface area contributed by atoms with Crippen molar-refractivity contribution < 1.29 is 9.84 Å². The molecule has 0 radical (unpaired) electrons. The van der Waals surface area contributed by atoms with Crippen LogP contribution >= 0.6 is 23.2 Å². The van der Waals surface area contributed by atoms with Crippen LogP contribution in [0, 0.1) is 0 Å². The fraction of sp³-hybridized carbons (Fsp3) is 0.429. The van der Waals surface area contributed by atoms with Gasteiger partial charge in [0.1, 0.15) is 18.3 Å². The van der Waals surface area contributed by atoms with Crippen molar-refractivity contribution in [1.29, 1.82) is 0 Å². The quantitative estimate of drug-likeness (QED) is 0.941. The highest BCUT2D eigenvalue weighted by Crippen LogP contribution is 2.47. The molecule has 0 bridgehead atoms. The highest BCUT2D eigenvalue weighted by atomic mass is 35.5. The van der Waals surface area contributed by atoms with Gasteiger partial charge in [0.05, 0.1) is 6.54 Å². The fourth-order valence-electron chi connectivity index (χ4n) is 2.78. The second-order valence-electron chi connectivity index (χ2n) is 5.49. The van der Waals surface area contributed by atoms with Crippen LogP contribution in [0.25, 0.3) is 0 Å². The van der Waals surface area contributed by atoms with E-state index in [9.17, 15) is 5.11 Å². The third-order valence-electron chi connectivity index (χ3n) is 3.71. The van der Waals surface area contributed by atoms with Crippen LogP contribution in [0.15, 0.2) is 30.9 Å². The lowest BCUT2D eigenvalue weighted by atomic mass is 9.90. The Balaban J connectivity index is 2.04. The van der Waals surface area contributed by atoms with Crippen molar-refractivity contribution in [2.24, 2.45) is 0 Å². The van der Waals surface area contributed by atoms with Gasteiger partial charge >= 0.3 is 0 Å². The van der Waals surface area contributed by atoms with Crippen LogP contribution < -0.4 is 0 Å². The normalized spacial score (nSPS) is 29.0. The molecule has 1 N–H and O–H groups in total. The van der Waals surface area contributed by atoms with Gasteiger partial charge in [-0.15, -0.1) is 0 Å². The Bertz CT molecular complexity index is 646. The fourth-order valence-corrected chi connectivity index (χ4v) is 3.36. The second-order valence-corrected chi connectivity index (χ2v) is 6.33. The van der Waals surface area contributed by atoms with E-state index in [1.807, 2.05) is 6.07 Å². The zero-order chi connectivity index (χ0) is 15.1. The maximum atomic E-state index is 10.2. The van der Waals surface area contributed by atoms with Gasteiger partial charge in [-0.3, -0.25) is 0 Å². The summed E-state index contributed by atoms with van der Waals surface area (Å²) in [6, 6.07) is 5.28. The van der Waals surface area contributed by atoms with E-state index in [1.165, 1.54) is 6.33 Å². The van der Waals surface area contributed by atoms with Crippen molar-refractivity contribution >= 4 is 23.2 Å². The predicted octanol–water partition coefficient (Wildman–Crippen LogP) is 3.00. The van der Waals surface area contributed by atoms with Crippen molar-refractivity contribution in [3.63, 3.8) is 0 Å². The van der Waals surface area contributed by atoms with Crippen molar-refractivity contribution in [3.8, 4) is 0 Å². The van der Waals surface area contributed by atoms with E-state index >= 15 is 0 Å². The Morgan fingerprint density at radius 2 is 2.19 bits per heavy atom. The number of halogens is 2. The van der Waals surface area contributed by atoms with Crippen molar-refractivity contribution in [2.75, 3.05) is 0 Å². The number of hydrogen-bond donors (Lipinski definition) is 1. The summed E-state index contributed by atoms with van der Waals surface area (Å²) in [6.07, 6.45) is 4.22. The first-order valence-electron chi connectivity index (χ1n) is 6.61. The molecule has 3 rings (SSSR count). The van der Waals surface area contributed by atoms with Crippen LogP contribution in [0.4, 0.5) is 0 Å². The van der Waals surface area contributed by atoms with Crippen LogP contribution in [-0.2, 0) is 16.9 Å². The van der Waals surface area contributed by atoms with E-state index < -0.39 is 11.4 Å². The molecule has 2 heterocycles. The minimum Gasteiger partial charge on any atom is -0.366 e. The Morgan fingerprint density at radius 3 is 2.76 bits per heavy atom. The van der Waals surface area contributed by atoms with Crippen LogP contribution in [0.3, 0.4) is 0 Å². The number of benzene rings is 1. The maximum absolute atomic E-state index is 10.2. The van der Waals surface area contributed by atoms with Gasteiger partial charge in [0.15, 0.2) is 5.79 Å². The molecule has 5 nitrogen and oxygen atoms in total. The van der Waals surface area contributed by atoms with Gasteiger partial charge in [0.2, 0.25) is 0 Å². The molecule has 2 atom stereocenters. The predicted molar refractivity (Wildman–Crippen MR) is 79.1 cm³/mol. The van der Waals surface area contributed by atoms with Crippen molar-refractivity contribution in [1.82, 2.24) is 14.8 Å². The number of ether oxygens (including phenoxy) is 1. The highest BCUT2D eigenvalue weighted by Gasteiger charge is 2.48. The zero-order valence-electron chi connectivity index (χ0n) is 11.5. The van der Waals surface area contributed by atoms with Gasteiger partial charge < -0.3 is 9.84 Å². The van der Waals surface area contributed by atoms with Crippen LogP contribution in [-0.4, -0.2) is 25.7 Å². The summed E-state index contributed by atoms with van der Waals surface area (Å²) >= 11 is 12.3. The summed E-state index contributed by atoms with van der Waals surface area (Å²) in [6.45, 7) is 2.07. The molecule has 21 heavy (non-hydrogen) atoms. The lowest BCUT2D eigenvalue weighted by molar-refractivity contribution is -0.219. The highest BCUT2D eigenvalue weighted by molar-refractivity contribution is 6.35. The first-order valence-corrected chi connectivity index (χ1v) is 7.36. The summed E-state index contributed by atoms with van der Waals surface area (Å²) in [7, 11) is 0. The van der Waals surface area contributed by atoms with Gasteiger partial charge in [0, 0.05) is 22.0 Å². The number of hydrogen-bond acceptors (Lipinski definition) is 4. The molecule has 0 saturated carbocycles. The molecule has 1 aromatic carbocycles. The molecule has 2 aromatic rings.